The average molecular weight is 260 g/mol. The van der Waals surface area contributed by atoms with Gasteiger partial charge in [-0.25, -0.2) is 4.79 Å². The van der Waals surface area contributed by atoms with Gasteiger partial charge in [0.25, 0.3) is 0 Å². The second-order valence-corrected chi connectivity index (χ2v) is 3.96. The summed E-state index contributed by atoms with van der Waals surface area (Å²) in [5.41, 5.74) is 1.66. The van der Waals surface area contributed by atoms with Crippen LogP contribution in [0.1, 0.15) is 23.0 Å². The fourth-order valence-electron chi connectivity index (χ4n) is 1.59. The van der Waals surface area contributed by atoms with E-state index in [4.69, 9.17) is 5.11 Å². The van der Waals surface area contributed by atoms with Crippen LogP contribution < -0.4 is 5.32 Å². The predicted octanol–water partition coefficient (Wildman–Crippen LogP) is 1.62. The van der Waals surface area contributed by atoms with Crippen LogP contribution in [0.4, 0.5) is 10.5 Å². The Balaban J connectivity index is 2.12. The van der Waals surface area contributed by atoms with Gasteiger partial charge < -0.3 is 5.11 Å². The summed E-state index contributed by atoms with van der Waals surface area (Å²) < 4.78 is 1.57. The first kappa shape index (κ1) is 12.7. The highest BCUT2D eigenvalue weighted by molar-refractivity contribution is 5.92. The molecule has 2 heterocycles. The van der Waals surface area contributed by atoms with E-state index < -0.39 is 6.09 Å². The summed E-state index contributed by atoms with van der Waals surface area (Å²) in [4.78, 5) is 25.6. The molecule has 7 heteroatoms. The molecule has 0 saturated heterocycles. The highest BCUT2D eigenvalue weighted by Gasteiger charge is 2.05. The number of rotatable bonds is 4. The zero-order valence-electron chi connectivity index (χ0n) is 10.2. The summed E-state index contributed by atoms with van der Waals surface area (Å²) in [5, 5.41) is 14.8. The number of amides is 1. The topological polar surface area (TPSA) is 97.1 Å². The van der Waals surface area contributed by atoms with E-state index in [1.165, 1.54) is 13.1 Å². The maximum atomic E-state index is 11.2. The van der Waals surface area contributed by atoms with E-state index in [2.05, 4.69) is 15.4 Å². The Bertz CT molecular complexity index is 621. The second-order valence-electron chi connectivity index (χ2n) is 3.96. The lowest BCUT2D eigenvalue weighted by Gasteiger charge is -2.03. The summed E-state index contributed by atoms with van der Waals surface area (Å²) in [7, 11) is 0. The molecule has 2 rings (SSSR count). The number of ketones is 1. The Hall–Kier alpha value is -2.70. The number of aromatic nitrogens is 3. The van der Waals surface area contributed by atoms with E-state index in [0.29, 0.717) is 17.9 Å². The minimum Gasteiger partial charge on any atom is -0.465 e. The van der Waals surface area contributed by atoms with Crippen LogP contribution in [-0.4, -0.2) is 31.7 Å². The third-order valence-electron chi connectivity index (χ3n) is 2.41. The molecule has 0 aromatic carbocycles. The molecule has 98 valence electrons. The molecule has 2 N–H and O–H groups in total. The maximum Gasteiger partial charge on any atom is 0.409 e. The molecule has 0 spiro atoms. The van der Waals surface area contributed by atoms with Crippen LogP contribution in [0.5, 0.6) is 0 Å². The number of pyridine rings is 1. The van der Waals surface area contributed by atoms with Crippen molar-refractivity contribution in [3.8, 4) is 0 Å². The number of anilines is 1. The number of hydrogen-bond acceptors (Lipinski definition) is 4. The van der Waals surface area contributed by atoms with Gasteiger partial charge in [0.05, 0.1) is 18.4 Å². The van der Waals surface area contributed by atoms with E-state index in [9.17, 15) is 9.59 Å². The molecule has 0 aliphatic carbocycles. The lowest BCUT2D eigenvalue weighted by atomic mass is 10.2. The molecule has 0 fully saturated rings. The van der Waals surface area contributed by atoms with Crippen molar-refractivity contribution in [2.75, 3.05) is 5.32 Å². The zero-order chi connectivity index (χ0) is 13.8. The van der Waals surface area contributed by atoms with Crippen molar-refractivity contribution in [1.82, 2.24) is 14.8 Å². The summed E-state index contributed by atoms with van der Waals surface area (Å²) in [6.45, 7) is 1.89. The molecule has 2 aromatic rings. The van der Waals surface area contributed by atoms with Gasteiger partial charge in [-0.15, -0.1) is 0 Å². The standard InChI is InChI=1S/C12H12N4O3/c1-8(17)11-4-9(2-3-13-11)6-16-7-10(5-14-16)15-12(18)19/h2-5,7,15H,6H2,1H3,(H,18,19). The van der Waals surface area contributed by atoms with Gasteiger partial charge in [-0.05, 0) is 17.7 Å². The van der Waals surface area contributed by atoms with Crippen LogP contribution in [0.15, 0.2) is 30.7 Å². The highest BCUT2D eigenvalue weighted by atomic mass is 16.4. The third kappa shape index (κ3) is 3.38. The molecule has 19 heavy (non-hydrogen) atoms. The quantitative estimate of drug-likeness (QED) is 0.814. The monoisotopic (exact) mass is 260 g/mol. The summed E-state index contributed by atoms with van der Waals surface area (Å²) in [5.74, 6) is -0.101. The van der Waals surface area contributed by atoms with Crippen LogP contribution >= 0.6 is 0 Å². The van der Waals surface area contributed by atoms with Crippen LogP contribution in [0.25, 0.3) is 0 Å². The molecule has 0 radical (unpaired) electrons. The SMILES string of the molecule is CC(=O)c1cc(Cn2cc(NC(=O)O)cn2)ccn1. The lowest BCUT2D eigenvalue weighted by molar-refractivity contribution is 0.101. The van der Waals surface area contributed by atoms with Crippen molar-refractivity contribution < 1.29 is 14.7 Å². The van der Waals surface area contributed by atoms with Crippen molar-refractivity contribution in [3.05, 3.63) is 42.0 Å². The Kier molecular flexibility index (Phi) is 3.56. The van der Waals surface area contributed by atoms with Crippen LogP contribution in [-0.2, 0) is 6.54 Å². The van der Waals surface area contributed by atoms with Gasteiger partial charge in [-0.2, -0.15) is 5.10 Å². The van der Waals surface area contributed by atoms with E-state index in [1.807, 2.05) is 0 Å². The van der Waals surface area contributed by atoms with Crippen molar-refractivity contribution in [3.63, 3.8) is 0 Å². The number of nitrogens with zero attached hydrogens (tertiary/aromatic N) is 3. The molecule has 0 unspecified atom stereocenters. The van der Waals surface area contributed by atoms with Gasteiger partial charge in [-0.3, -0.25) is 19.8 Å². The number of Topliss-reactive ketones (excluding diaryl/α,β-unsaturated/α-hetero) is 1. The minimum absolute atomic E-state index is 0.101. The van der Waals surface area contributed by atoms with Gasteiger partial charge in [0.1, 0.15) is 5.69 Å². The summed E-state index contributed by atoms with van der Waals surface area (Å²) in [6, 6.07) is 3.47. The number of nitrogens with one attached hydrogen (secondary N) is 1. The highest BCUT2D eigenvalue weighted by Crippen LogP contribution is 2.09. The molecule has 0 aliphatic rings. The van der Waals surface area contributed by atoms with Gasteiger partial charge in [0.15, 0.2) is 5.78 Å². The zero-order valence-corrected chi connectivity index (χ0v) is 10.2. The molecule has 7 nitrogen and oxygen atoms in total. The molecule has 0 bridgehead atoms. The number of hydrogen-bond donors (Lipinski definition) is 2. The number of carbonyl (C=O) groups is 2. The first-order valence-electron chi connectivity index (χ1n) is 5.53. The maximum absolute atomic E-state index is 11.2. The van der Waals surface area contributed by atoms with Crippen molar-refractivity contribution in [2.45, 2.75) is 13.5 Å². The molecule has 2 aromatic heterocycles. The molecule has 0 saturated carbocycles. The molecule has 0 aliphatic heterocycles. The minimum atomic E-state index is -1.14. The Morgan fingerprint density at radius 1 is 1.47 bits per heavy atom. The fourth-order valence-corrected chi connectivity index (χ4v) is 1.59. The van der Waals surface area contributed by atoms with Crippen LogP contribution in [0.2, 0.25) is 0 Å². The van der Waals surface area contributed by atoms with Gasteiger partial charge in [-0.1, -0.05) is 0 Å². The first-order chi connectivity index (χ1) is 9.04. The lowest BCUT2D eigenvalue weighted by Crippen LogP contribution is -2.06. The van der Waals surface area contributed by atoms with E-state index in [1.54, 1.807) is 29.2 Å². The summed E-state index contributed by atoms with van der Waals surface area (Å²) in [6.07, 6.45) is 3.41. The van der Waals surface area contributed by atoms with E-state index in [-0.39, 0.29) is 5.78 Å². The Labute approximate surface area is 108 Å². The second kappa shape index (κ2) is 5.30. The number of carbonyl (C=O) groups excluding carboxylic acids is 1. The van der Waals surface area contributed by atoms with Gasteiger partial charge >= 0.3 is 6.09 Å². The van der Waals surface area contributed by atoms with Crippen molar-refractivity contribution in [1.29, 1.82) is 0 Å². The summed E-state index contributed by atoms with van der Waals surface area (Å²) >= 11 is 0. The smallest absolute Gasteiger partial charge is 0.409 e. The van der Waals surface area contributed by atoms with E-state index >= 15 is 0 Å². The average Bonchev–Trinajstić information content (AvgIpc) is 2.76. The third-order valence-corrected chi connectivity index (χ3v) is 2.41. The molecular formula is C12H12N4O3. The predicted molar refractivity (Wildman–Crippen MR) is 67.2 cm³/mol. The van der Waals surface area contributed by atoms with E-state index in [0.717, 1.165) is 5.56 Å². The fraction of sp³-hybridized carbons (Fsp3) is 0.167. The van der Waals surface area contributed by atoms with Crippen molar-refractivity contribution in [2.24, 2.45) is 0 Å². The largest absolute Gasteiger partial charge is 0.465 e. The van der Waals surface area contributed by atoms with Crippen LogP contribution in [0.3, 0.4) is 0 Å². The molecule has 1 amide bonds. The number of carboxylic acid groups (broad SMARTS) is 1. The molecular weight excluding hydrogens is 248 g/mol. The molecule has 0 atom stereocenters. The van der Waals surface area contributed by atoms with Crippen LogP contribution in [0, 0.1) is 0 Å². The Morgan fingerprint density at radius 2 is 2.26 bits per heavy atom. The van der Waals surface area contributed by atoms with Gasteiger partial charge in [0, 0.05) is 19.3 Å². The van der Waals surface area contributed by atoms with Gasteiger partial charge in [0.2, 0.25) is 0 Å². The first-order valence-corrected chi connectivity index (χ1v) is 5.53. The Morgan fingerprint density at radius 3 is 2.95 bits per heavy atom. The normalized spacial score (nSPS) is 10.2. The van der Waals surface area contributed by atoms with Crippen molar-refractivity contribution >= 4 is 17.6 Å².